The van der Waals surface area contributed by atoms with E-state index in [0.29, 0.717) is 6.42 Å². The zero-order valence-corrected chi connectivity index (χ0v) is 13.9. The molecular formula is C17H27ClN2O. The molecule has 1 aromatic rings. The first-order valence-corrected chi connectivity index (χ1v) is 7.73. The summed E-state index contributed by atoms with van der Waals surface area (Å²) in [5, 5.41) is 3.07. The van der Waals surface area contributed by atoms with Crippen LogP contribution >= 0.6 is 12.4 Å². The van der Waals surface area contributed by atoms with E-state index in [2.05, 4.69) is 41.4 Å². The molecule has 1 N–H and O–H groups in total. The molecule has 0 saturated carbocycles. The molecule has 0 aliphatic carbocycles. The Bertz CT molecular complexity index is 450. The summed E-state index contributed by atoms with van der Waals surface area (Å²) in [5.41, 5.74) is 2.57. The van der Waals surface area contributed by atoms with Gasteiger partial charge in [-0.05, 0) is 32.4 Å². The lowest BCUT2D eigenvalue weighted by Crippen LogP contribution is -2.36. The fourth-order valence-electron chi connectivity index (χ4n) is 3.01. The number of nitrogens with one attached hydrogen (secondary N) is 1. The molecule has 1 unspecified atom stereocenters. The van der Waals surface area contributed by atoms with Crippen molar-refractivity contribution < 1.29 is 4.79 Å². The standard InChI is InChI=1S/C17H26N2O.ClH/c1-14-7-6-8-15(13-14)16-9-4-3-5-12-19(16)17(20)10-11-18-2;/h6-8,13,16,18H,3-5,9-12H2,1-2H3;1H. The predicted octanol–water partition coefficient (Wildman–Crippen LogP) is 3.47. The minimum absolute atomic E-state index is 0. The van der Waals surface area contributed by atoms with Crippen molar-refractivity contribution in [2.45, 2.75) is 45.1 Å². The molecule has 1 aliphatic heterocycles. The number of benzene rings is 1. The third kappa shape index (κ3) is 5.01. The van der Waals surface area contributed by atoms with Crippen LogP contribution in [0.15, 0.2) is 24.3 Å². The van der Waals surface area contributed by atoms with Crippen LogP contribution in [0.4, 0.5) is 0 Å². The Morgan fingerprint density at radius 3 is 2.86 bits per heavy atom. The number of likely N-dealkylation sites (tertiary alicyclic amines) is 1. The van der Waals surface area contributed by atoms with E-state index in [1.807, 2.05) is 7.05 Å². The summed E-state index contributed by atoms with van der Waals surface area (Å²) in [6.07, 6.45) is 5.27. The molecule has 4 heteroatoms. The molecule has 1 fully saturated rings. The van der Waals surface area contributed by atoms with Gasteiger partial charge >= 0.3 is 0 Å². The molecule has 0 aromatic heterocycles. The molecule has 3 nitrogen and oxygen atoms in total. The Kier molecular flexibility index (Phi) is 7.76. The zero-order valence-electron chi connectivity index (χ0n) is 13.1. The summed E-state index contributed by atoms with van der Waals surface area (Å²) in [4.78, 5) is 14.6. The molecule has 1 atom stereocenters. The number of aryl methyl sites for hydroxylation is 1. The van der Waals surface area contributed by atoms with Crippen molar-refractivity contribution in [3.63, 3.8) is 0 Å². The van der Waals surface area contributed by atoms with Crippen LogP contribution in [0, 0.1) is 6.92 Å². The van der Waals surface area contributed by atoms with Gasteiger partial charge in [0.2, 0.25) is 5.91 Å². The number of carbonyl (C=O) groups is 1. The maximum absolute atomic E-state index is 12.5. The summed E-state index contributed by atoms with van der Waals surface area (Å²) in [7, 11) is 1.90. The van der Waals surface area contributed by atoms with Crippen molar-refractivity contribution in [3.8, 4) is 0 Å². The third-order valence-electron chi connectivity index (χ3n) is 4.09. The van der Waals surface area contributed by atoms with E-state index in [4.69, 9.17) is 0 Å². The molecule has 2 rings (SSSR count). The van der Waals surface area contributed by atoms with Crippen LogP contribution in [-0.4, -0.2) is 30.9 Å². The molecule has 21 heavy (non-hydrogen) atoms. The smallest absolute Gasteiger partial charge is 0.224 e. The second-order valence-electron chi connectivity index (χ2n) is 5.72. The summed E-state index contributed by atoms with van der Waals surface area (Å²) < 4.78 is 0. The van der Waals surface area contributed by atoms with Gasteiger partial charge < -0.3 is 10.2 Å². The van der Waals surface area contributed by atoms with Crippen molar-refractivity contribution in [2.24, 2.45) is 0 Å². The molecule has 118 valence electrons. The monoisotopic (exact) mass is 310 g/mol. The highest BCUT2D eigenvalue weighted by Gasteiger charge is 2.26. The van der Waals surface area contributed by atoms with E-state index in [0.717, 1.165) is 25.9 Å². The summed E-state index contributed by atoms with van der Waals surface area (Å²) in [6, 6.07) is 8.89. The second-order valence-corrected chi connectivity index (χ2v) is 5.72. The van der Waals surface area contributed by atoms with Gasteiger partial charge in [-0.3, -0.25) is 4.79 Å². The van der Waals surface area contributed by atoms with Crippen LogP contribution in [0.25, 0.3) is 0 Å². The van der Waals surface area contributed by atoms with Gasteiger partial charge in [0.1, 0.15) is 0 Å². The van der Waals surface area contributed by atoms with E-state index < -0.39 is 0 Å². The molecule has 0 spiro atoms. The minimum atomic E-state index is 0. The number of nitrogens with zero attached hydrogens (tertiary/aromatic N) is 1. The SMILES string of the molecule is CNCCC(=O)N1CCCCCC1c1cccc(C)c1.Cl. The van der Waals surface area contributed by atoms with Gasteiger partial charge in [0, 0.05) is 19.5 Å². The number of hydrogen-bond acceptors (Lipinski definition) is 2. The van der Waals surface area contributed by atoms with Gasteiger partial charge in [-0.25, -0.2) is 0 Å². The van der Waals surface area contributed by atoms with Crippen molar-refractivity contribution in [1.29, 1.82) is 0 Å². The van der Waals surface area contributed by atoms with Crippen molar-refractivity contribution in [2.75, 3.05) is 20.1 Å². The van der Waals surface area contributed by atoms with Crippen molar-refractivity contribution in [1.82, 2.24) is 10.2 Å². The summed E-state index contributed by atoms with van der Waals surface area (Å²) in [6.45, 7) is 3.78. The number of carbonyl (C=O) groups excluding carboxylic acids is 1. The Labute approximate surface area is 134 Å². The van der Waals surface area contributed by atoms with Gasteiger partial charge in [0.15, 0.2) is 0 Å². The second kappa shape index (κ2) is 9.06. The molecule has 1 aliphatic rings. The largest absolute Gasteiger partial charge is 0.336 e. The van der Waals surface area contributed by atoms with Crippen LogP contribution in [0.1, 0.15) is 49.3 Å². The van der Waals surface area contributed by atoms with Crippen molar-refractivity contribution in [3.05, 3.63) is 35.4 Å². The molecule has 0 bridgehead atoms. The van der Waals surface area contributed by atoms with Crippen LogP contribution in [0.2, 0.25) is 0 Å². The fourth-order valence-corrected chi connectivity index (χ4v) is 3.01. The third-order valence-corrected chi connectivity index (χ3v) is 4.09. The van der Waals surface area contributed by atoms with E-state index in [-0.39, 0.29) is 24.4 Å². The first-order chi connectivity index (χ1) is 9.72. The number of rotatable bonds is 4. The predicted molar refractivity (Wildman–Crippen MR) is 89.9 cm³/mol. The highest BCUT2D eigenvalue weighted by molar-refractivity contribution is 5.85. The van der Waals surface area contributed by atoms with Crippen molar-refractivity contribution >= 4 is 18.3 Å². The first-order valence-electron chi connectivity index (χ1n) is 7.73. The highest BCUT2D eigenvalue weighted by atomic mass is 35.5. The topological polar surface area (TPSA) is 32.3 Å². The minimum Gasteiger partial charge on any atom is -0.336 e. The Morgan fingerprint density at radius 1 is 1.33 bits per heavy atom. The first kappa shape index (κ1) is 18.0. The average Bonchev–Trinajstić information content (AvgIpc) is 2.70. The van der Waals surface area contributed by atoms with Crippen LogP contribution in [-0.2, 0) is 4.79 Å². The molecule has 1 saturated heterocycles. The van der Waals surface area contributed by atoms with E-state index in [1.165, 1.54) is 24.0 Å². The number of halogens is 1. The maximum Gasteiger partial charge on any atom is 0.224 e. The zero-order chi connectivity index (χ0) is 14.4. The molecule has 1 heterocycles. The Hall–Kier alpha value is -1.06. The van der Waals surface area contributed by atoms with Crippen LogP contribution in [0.3, 0.4) is 0 Å². The Morgan fingerprint density at radius 2 is 2.14 bits per heavy atom. The van der Waals surface area contributed by atoms with Gasteiger partial charge in [-0.2, -0.15) is 0 Å². The quantitative estimate of drug-likeness (QED) is 0.923. The fraction of sp³-hybridized carbons (Fsp3) is 0.588. The van der Waals surface area contributed by atoms with Gasteiger partial charge in [0.25, 0.3) is 0 Å². The number of amides is 1. The maximum atomic E-state index is 12.5. The van der Waals surface area contributed by atoms with E-state index in [1.54, 1.807) is 0 Å². The average molecular weight is 311 g/mol. The van der Waals surface area contributed by atoms with E-state index in [9.17, 15) is 4.79 Å². The molecule has 1 aromatic carbocycles. The molecular weight excluding hydrogens is 284 g/mol. The molecule has 1 amide bonds. The van der Waals surface area contributed by atoms with E-state index >= 15 is 0 Å². The van der Waals surface area contributed by atoms with Crippen LogP contribution < -0.4 is 5.32 Å². The van der Waals surface area contributed by atoms with Gasteiger partial charge in [0.05, 0.1) is 6.04 Å². The summed E-state index contributed by atoms with van der Waals surface area (Å²) in [5.74, 6) is 0.285. The Balaban J connectivity index is 0.00000220. The highest BCUT2D eigenvalue weighted by Crippen LogP contribution is 2.30. The van der Waals surface area contributed by atoms with Gasteiger partial charge in [-0.15, -0.1) is 12.4 Å². The summed E-state index contributed by atoms with van der Waals surface area (Å²) >= 11 is 0. The lowest BCUT2D eigenvalue weighted by Gasteiger charge is -2.31. The van der Waals surface area contributed by atoms with Gasteiger partial charge in [-0.1, -0.05) is 42.7 Å². The normalized spacial score (nSPS) is 18.8. The lowest BCUT2D eigenvalue weighted by atomic mass is 9.99. The lowest BCUT2D eigenvalue weighted by molar-refractivity contribution is -0.133. The number of hydrogen-bond donors (Lipinski definition) is 1. The molecule has 0 radical (unpaired) electrons. The van der Waals surface area contributed by atoms with Crippen LogP contribution in [0.5, 0.6) is 0 Å².